The van der Waals surface area contributed by atoms with Gasteiger partial charge in [0, 0.05) is 4.47 Å². The molecule has 72 valence electrons. The van der Waals surface area contributed by atoms with Gasteiger partial charge in [-0.05, 0) is 18.2 Å². The van der Waals surface area contributed by atoms with E-state index in [1.54, 1.807) is 18.3 Å². The van der Waals surface area contributed by atoms with Crippen LogP contribution in [-0.4, -0.2) is 18.9 Å². The van der Waals surface area contributed by atoms with Crippen molar-refractivity contribution in [2.75, 3.05) is 11.6 Å². The van der Waals surface area contributed by atoms with Crippen LogP contribution in [0.4, 0.5) is 10.5 Å². The van der Waals surface area contributed by atoms with Crippen LogP contribution in [0.5, 0.6) is 0 Å². The average molecular weight is 255 g/mol. The number of anilines is 1. The van der Waals surface area contributed by atoms with Crippen molar-refractivity contribution < 1.29 is 9.53 Å². The van der Waals surface area contributed by atoms with Gasteiger partial charge in [-0.2, -0.15) is 10.1 Å². The van der Waals surface area contributed by atoms with Gasteiger partial charge in [0.05, 0.1) is 11.9 Å². The lowest BCUT2D eigenvalue weighted by atomic mass is 10.3. The van der Waals surface area contributed by atoms with E-state index >= 15 is 0 Å². The number of benzene rings is 1. The van der Waals surface area contributed by atoms with Crippen molar-refractivity contribution in [1.29, 1.82) is 0 Å². The molecule has 1 aliphatic heterocycles. The molecule has 0 saturated carbocycles. The molecule has 0 aliphatic carbocycles. The molecule has 1 aliphatic rings. The summed E-state index contributed by atoms with van der Waals surface area (Å²) in [4.78, 5) is 11.3. The topological polar surface area (TPSA) is 41.9 Å². The zero-order valence-electron chi connectivity index (χ0n) is 7.18. The zero-order chi connectivity index (χ0) is 9.97. The Kier molecular flexibility index (Phi) is 2.49. The summed E-state index contributed by atoms with van der Waals surface area (Å²) in [5, 5.41) is 5.15. The van der Waals surface area contributed by atoms with Gasteiger partial charge in [0.2, 0.25) is 0 Å². The van der Waals surface area contributed by atoms with Crippen LogP contribution >= 0.6 is 15.9 Å². The number of carbonyl (C=O) groups excluding carboxylic acids is 1. The van der Waals surface area contributed by atoms with Gasteiger partial charge in [0.15, 0.2) is 0 Å². The molecular weight excluding hydrogens is 248 g/mol. The Hall–Kier alpha value is -1.36. The van der Waals surface area contributed by atoms with Crippen LogP contribution < -0.4 is 5.01 Å². The largest absolute Gasteiger partial charge is 0.442 e. The van der Waals surface area contributed by atoms with Crippen LogP contribution in [0.1, 0.15) is 0 Å². The molecule has 0 radical (unpaired) electrons. The van der Waals surface area contributed by atoms with Gasteiger partial charge < -0.3 is 4.74 Å². The van der Waals surface area contributed by atoms with Crippen molar-refractivity contribution in [2.24, 2.45) is 5.10 Å². The predicted molar refractivity (Wildman–Crippen MR) is 56.5 cm³/mol. The summed E-state index contributed by atoms with van der Waals surface area (Å²) >= 11 is 3.32. The smallest absolute Gasteiger partial charge is 0.435 e. The van der Waals surface area contributed by atoms with Gasteiger partial charge in [-0.25, -0.2) is 4.79 Å². The van der Waals surface area contributed by atoms with Crippen LogP contribution in [0.25, 0.3) is 0 Å². The Morgan fingerprint density at radius 1 is 1.50 bits per heavy atom. The van der Waals surface area contributed by atoms with Crippen molar-refractivity contribution in [3.63, 3.8) is 0 Å². The third-order valence-electron chi connectivity index (χ3n) is 1.70. The van der Waals surface area contributed by atoms with Crippen LogP contribution in [0, 0.1) is 0 Å². The van der Waals surface area contributed by atoms with Gasteiger partial charge in [0.1, 0.15) is 6.61 Å². The molecule has 0 atom stereocenters. The van der Waals surface area contributed by atoms with Crippen LogP contribution in [0.2, 0.25) is 0 Å². The first-order chi connectivity index (χ1) is 6.77. The highest BCUT2D eigenvalue weighted by Crippen LogP contribution is 2.21. The van der Waals surface area contributed by atoms with Gasteiger partial charge in [-0.15, -0.1) is 0 Å². The summed E-state index contributed by atoms with van der Waals surface area (Å²) in [5.41, 5.74) is 0.681. The minimum absolute atomic E-state index is 0.239. The molecule has 0 N–H and O–H groups in total. The number of rotatable bonds is 1. The fourth-order valence-electron chi connectivity index (χ4n) is 1.11. The highest BCUT2D eigenvalue weighted by molar-refractivity contribution is 9.10. The van der Waals surface area contributed by atoms with E-state index in [2.05, 4.69) is 21.0 Å². The van der Waals surface area contributed by atoms with E-state index in [-0.39, 0.29) is 6.61 Å². The number of nitrogens with zero attached hydrogens (tertiary/aromatic N) is 2. The van der Waals surface area contributed by atoms with Crippen molar-refractivity contribution in [3.8, 4) is 0 Å². The molecule has 1 heterocycles. The molecule has 0 saturated heterocycles. The Balaban J connectivity index is 2.34. The number of hydrazone groups is 1. The molecule has 1 aromatic carbocycles. The highest BCUT2D eigenvalue weighted by Gasteiger charge is 2.18. The van der Waals surface area contributed by atoms with Crippen molar-refractivity contribution in [3.05, 3.63) is 28.7 Å². The zero-order valence-corrected chi connectivity index (χ0v) is 8.77. The summed E-state index contributed by atoms with van der Waals surface area (Å²) in [6.45, 7) is 0.239. The lowest BCUT2D eigenvalue weighted by Crippen LogP contribution is -2.31. The molecule has 1 amide bonds. The standard InChI is InChI=1S/C9H7BrN2O2/c10-7-2-1-3-8(6-7)12-9(13)14-5-4-11-12/h1-4,6H,5H2. The molecule has 14 heavy (non-hydrogen) atoms. The van der Waals surface area contributed by atoms with E-state index in [9.17, 15) is 4.79 Å². The minimum Gasteiger partial charge on any atom is -0.442 e. The SMILES string of the molecule is O=C1OCC=NN1c1cccc(Br)c1. The van der Waals surface area contributed by atoms with Crippen LogP contribution in [0.3, 0.4) is 0 Å². The quantitative estimate of drug-likeness (QED) is 0.773. The van der Waals surface area contributed by atoms with Gasteiger partial charge in [-0.3, -0.25) is 0 Å². The number of hydrogen-bond acceptors (Lipinski definition) is 3. The summed E-state index contributed by atoms with van der Waals surface area (Å²) in [5.74, 6) is 0. The maximum atomic E-state index is 11.3. The summed E-state index contributed by atoms with van der Waals surface area (Å²) in [6.07, 6.45) is 1.09. The number of amides is 1. The lowest BCUT2D eigenvalue weighted by Gasteiger charge is -2.19. The summed E-state index contributed by atoms with van der Waals surface area (Å²) < 4.78 is 5.70. The first kappa shape index (κ1) is 9.21. The lowest BCUT2D eigenvalue weighted by molar-refractivity contribution is 0.167. The molecule has 0 bridgehead atoms. The van der Waals surface area contributed by atoms with E-state index in [0.29, 0.717) is 5.69 Å². The molecule has 5 heteroatoms. The highest BCUT2D eigenvalue weighted by atomic mass is 79.9. The predicted octanol–water partition coefficient (Wildman–Crippen LogP) is 2.39. The van der Waals surface area contributed by atoms with E-state index in [4.69, 9.17) is 4.74 Å². The fourth-order valence-corrected chi connectivity index (χ4v) is 1.50. The second kappa shape index (κ2) is 3.79. The molecule has 0 unspecified atom stereocenters. The number of carbonyl (C=O) groups is 1. The van der Waals surface area contributed by atoms with Crippen LogP contribution in [-0.2, 0) is 4.74 Å². The van der Waals surface area contributed by atoms with Crippen molar-refractivity contribution in [2.45, 2.75) is 0 Å². The number of halogens is 1. The summed E-state index contributed by atoms with van der Waals surface area (Å²) in [6, 6.07) is 7.29. The van der Waals surface area contributed by atoms with Crippen molar-refractivity contribution in [1.82, 2.24) is 0 Å². The molecule has 0 aromatic heterocycles. The molecular formula is C9H7BrN2O2. The van der Waals surface area contributed by atoms with Gasteiger partial charge in [-0.1, -0.05) is 22.0 Å². The first-order valence-electron chi connectivity index (χ1n) is 4.02. The average Bonchev–Trinajstić information content (AvgIpc) is 2.18. The first-order valence-corrected chi connectivity index (χ1v) is 4.81. The van der Waals surface area contributed by atoms with Gasteiger partial charge in [0.25, 0.3) is 0 Å². The molecule has 2 rings (SSSR count). The maximum absolute atomic E-state index is 11.3. The number of ether oxygens (including phenoxy) is 1. The number of hydrogen-bond donors (Lipinski definition) is 0. The fraction of sp³-hybridized carbons (Fsp3) is 0.111. The van der Waals surface area contributed by atoms with Crippen molar-refractivity contribution >= 4 is 33.9 Å². The van der Waals surface area contributed by atoms with Crippen LogP contribution in [0.15, 0.2) is 33.8 Å². The Morgan fingerprint density at radius 2 is 2.36 bits per heavy atom. The Bertz CT molecular complexity index is 392. The maximum Gasteiger partial charge on any atom is 0.435 e. The van der Waals surface area contributed by atoms with E-state index in [1.807, 2.05) is 12.1 Å². The second-order valence-corrected chi connectivity index (χ2v) is 3.58. The monoisotopic (exact) mass is 254 g/mol. The Labute approximate surface area is 89.3 Å². The second-order valence-electron chi connectivity index (χ2n) is 2.67. The molecule has 4 nitrogen and oxygen atoms in total. The third-order valence-corrected chi connectivity index (χ3v) is 2.20. The van der Waals surface area contributed by atoms with E-state index in [1.165, 1.54) is 5.01 Å². The van der Waals surface area contributed by atoms with E-state index in [0.717, 1.165) is 4.47 Å². The normalized spacial score (nSPS) is 15.5. The Morgan fingerprint density at radius 3 is 3.07 bits per heavy atom. The molecule has 1 aromatic rings. The van der Waals surface area contributed by atoms with Gasteiger partial charge >= 0.3 is 6.09 Å². The molecule has 0 fully saturated rings. The van der Waals surface area contributed by atoms with E-state index < -0.39 is 6.09 Å². The summed E-state index contributed by atoms with van der Waals surface area (Å²) in [7, 11) is 0. The molecule has 0 spiro atoms. The minimum atomic E-state index is -0.453. The third kappa shape index (κ3) is 1.77. The number of cyclic esters (lactones) is 1.